The van der Waals surface area contributed by atoms with Gasteiger partial charge in [0.15, 0.2) is 0 Å². The van der Waals surface area contributed by atoms with E-state index < -0.39 is 6.04 Å². The molecule has 1 saturated carbocycles. The fourth-order valence-corrected chi connectivity index (χ4v) is 2.70. The molecule has 106 valence electrons. The summed E-state index contributed by atoms with van der Waals surface area (Å²) in [5, 5.41) is 4.12. The Kier molecular flexibility index (Phi) is 3.74. The summed E-state index contributed by atoms with van der Waals surface area (Å²) >= 11 is 0. The molecule has 2 aromatic rings. The summed E-state index contributed by atoms with van der Waals surface area (Å²) in [6, 6.07) is 7.60. The molecule has 0 saturated heterocycles. The number of rotatable bonds is 5. The van der Waals surface area contributed by atoms with Crippen molar-refractivity contribution >= 4 is 16.8 Å². The van der Waals surface area contributed by atoms with E-state index in [9.17, 15) is 4.79 Å². The summed E-state index contributed by atoms with van der Waals surface area (Å²) < 4.78 is 0. The number of benzene rings is 1. The molecule has 20 heavy (non-hydrogen) atoms. The summed E-state index contributed by atoms with van der Waals surface area (Å²) in [5.74, 6) is 0.626. The van der Waals surface area contributed by atoms with E-state index in [1.807, 2.05) is 24.4 Å². The number of aromatic nitrogens is 1. The zero-order valence-corrected chi connectivity index (χ0v) is 11.6. The van der Waals surface area contributed by atoms with E-state index >= 15 is 0 Å². The van der Waals surface area contributed by atoms with Crippen molar-refractivity contribution in [3.8, 4) is 0 Å². The van der Waals surface area contributed by atoms with Crippen LogP contribution in [0.2, 0.25) is 0 Å². The number of carbonyl (C=O) groups excluding carboxylic acids is 1. The molecule has 0 radical (unpaired) electrons. The number of aromatic amines is 1. The van der Waals surface area contributed by atoms with Gasteiger partial charge in [0.25, 0.3) is 0 Å². The third kappa shape index (κ3) is 2.70. The highest BCUT2D eigenvalue weighted by Gasteiger charge is 2.20. The average molecular weight is 271 g/mol. The van der Waals surface area contributed by atoms with Crippen molar-refractivity contribution in [1.29, 1.82) is 0 Å². The highest BCUT2D eigenvalue weighted by atomic mass is 16.2. The Morgan fingerprint density at radius 2 is 2.20 bits per heavy atom. The van der Waals surface area contributed by atoms with Crippen LogP contribution in [0, 0.1) is 5.92 Å². The van der Waals surface area contributed by atoms with Crippen LogP contribution in [0.15, 0.2) is 30.5 Å². The third-order valence-corrected chi connectivity index (χ3v) is 4.24. The van der Waals surface area contributed by atoms with Crippen LogP contribution in [-0.4, -0.2) is 23.5 Å². The van der Waals surface area contributed by atoms with Gasteiger partial charge >= 0.3 is 0 Å². The number of hydrogen-bond donors (Lipinski definition) is 3. The van der Waals surface area contributed by atoms with Crippen molar-refractivity contribution in [1.82, 2.24) is 10.3 Å². The maximum absolute atomic E-state index is 12.0. The van der Waals surface area contributed by atoms with Crippen LogP contribution in [0.3, 0.4) is 0 Å². The Labute approximate surface area is 118 Å². The molecule has 1 aromatic carbocycles. The molecule has 1 atom stereocenters. The summed E-state index contributed by atoms with van der Waals surface area (Å²) in [6.07, 6.45) is 6.28. The van der Waals surface area contributed by atoms with Gasteiger partial charge in [0.1, 0.15) is 0 Å². The van der Waals surface area contributed by atoms with Gasteiger partial charge in [-0.3, -0.25) is 4.79 Å². The molecule has 0 bridgehead atoms. The second kappa shape index (κ2) is 5.67. The number of para-hydroxylation sites is 1. The van der Waals surface area contributed by atoms with Crippen molar-refractivity contribution in [2.24, 2.45) is 11.7 Å². The molecule has 1 heterocycles. The molecule has 3 rings (SSSR count). The van der Waals surface area contributed by atoms with Crippen molar-refractivity contribution in [2.45, 2.75) is 31.7 Å². The predicted molar refractivity (Wildman–Crippen MR) is 80.3 cm³/mol. The molecule has 1 fully saturated rings. The van der Waals surface area contributed by atoms with Crippen molar-refractivity contribution in [3.63, 3.8) is 0 Å². The lowest BCUT2D eigenvalue weighted by Crippen LogP contribution is -2.44. The summed E-state index contributed by atoms with van der Waals surface area (Å²) in [5.41, 5.74) is 8.21. The second-order valence-electron chi connectivity index (χ2n) is 5.71. The standard InChI is InChI=1S/C16H21N3O/c17-14(16(20)19-9-11-4-3-5-11)8-12-10-18-15-7-2-1-6-13(12)15/h1-2,6-7,10-11,14,18H,3-5,8-9,17H2,(H,19,20)/t14-/m1/s1. The number of H-pyrrole nitrogens is 1. The van der Waals surface area contributed by atoms with E-state index in [1.54, 1.807) is 0 Å². The number of amides is 1. The van der Waals surface area contributed by atoms with Crippen LogP contribution < -0.4 is 11.1 Å². The smallest absolute Gasteiger partial charge is 0.237 e. The van der Waals surface area contributed by atoms with Gasteiger partial charge in [-0.15, -0.1) is 0 Å². The fourth-order valence-electron chi connectivity index (χ4n) is 2.70. The Balaban J connectivity index is 1.59. The molecule has 4 N–H and O–H groups in total. The number of fused-ring (bicyclic) bond motifs is 1. The molecule has 1 aliphatic carbocycles. The van der Waals surface area contributed by atoms with E-state index in [-0.39, 0.29) is 5.91 Å². The van der Waals surface area contributed by atoms with Gasteiger partial charge < -0.3 is 16.0 Å². The first kappa shape index (κ1) is 13.2. The van der Waals surface area contributed by atoms with Crippen molar-refractivity contribution in [3.05, 3.63) is 36.0 Å². The zero-order valence-electron chi connectivity index (χ0n) is 11.6. The molecule has 0 spiro atoms. The first-order chi connectivity index (χ1) is 9.74. The fraction of sp³-hybridized carbons (Fsp3) is 0.438. The van der Waals surface area contributed by atoms with Gasteiger partial charge in [0.05, 0.1) is 6.04 Å². The van der Waals surface area contributed by atoms with E-state index in [1.165, 1.54) is 19.3 Å². The summed E-state index contributed by atoms with van der Waals surface area (Å²) in [7, 11) is 0. The predicted octanol–water partition coefficient (Wildman–Crippen LogP) is 1.95. The number of nitrogens with one attached hydrogen (secondary N) is 2. The molecule has 1 amide bonds. The number of carbonyl (C=O) groups is 1. The van der Waals surface area contributed by atoms with Crippen LogP contribution in [-0.2, 0) is 11.2 Å². The normalized spacial score (nSPS) is 16.9. The van der Waals surface area contributed by atoms with Gasteiger partial charge in [-0.2, -0.15) is 0 Å². The second-order valence-corrected chi connectivity index (χ2v) is 5.71. The minimum absolute atomic E-state index is 0.0396. The minimum atomic E-state index is -0.478. The lowest BCUT2D eigenvalue weighted by atomic mass is 9.85. The lowest BCUT2D eigenvalue weighted by Gasteiger charge is -2.26. The molecule has 1 aromatic heterocycles. The van der Waals surface area contributed by atoms with E-state index in [0.29, 0.717) is 12.3 Å². The monoisotopic (exact) mass is 271 g/mol. The maximum Gasteiger partial charge on any atom is 0.237 e. The van der Waals surface area contributed by atoms with Gasteiger partial charge in [0, 0.05) is 23.6 Å². The van der Waals surface area contributed by atoms with Crippen LogP contribution in [0.5, 0.6) is 0 Å². The molecular formula is C16H21N3O. The first-order valence-corrected chi connectivity index (χ1v) is 7.32. The molecule has 1 aliphatic rings. The van der Waals surface area contributed by atoms with Crippen molar-refractivity contribution < 1.29 is 4.79 Å². The number of nitrogens with two attached hydrogens (primary N) is 1. The van der Waals surface area contributed by atoms with Gasteiger partial charge in [-0.05, 0) is 36.8 Å². The van der Waals surface area contributed by atoms with Gasteiger partial charge in [0.2, 0.25) is 5.91 Å². The third-order valence-electron chi connectivity index (χ3n) is 4.24. The lowest BCUT2D eigenvalue weighted by molar-refractivity contribution is -0.122. The first-order valence-electron chi connectivity index (χ1n) is 7.32. The van der Waals surface area contributed by atoms with Gasteiger partial charge in [-0.1, -0.05) is 24.6 Å². The highest BCUT2D eigenvalue weighted by molar-refractivity contribution is 5.86. The van der Waals surface area contributed by atoms with Crippen LogP contribution in [0.25, 0.3) is 10.9 Å². The quantitative estimate of drug-likeness (QED) is 0.778. The van der Waals surface area contributed by atoms with E-state index in [2.05, 4.69) is 16.4 Å². The highest BCUT2D eigenvalue weighted by Crippen LogP contribution is 2.25. The molecule has 4 heteroatoms. The summed E-state index contributed by atoms with van der Waals surface area (Å²) in [6.45, 7) is 0.778. The Bertz CT molecular complexity index is 601. The van der Waals surface area contributed by atoms with Gasteiger partial charge in [-0.25, -0.2) is 0 Å². The summed E-state index contributed by atoms with van der Waals surface area (Å²) in [4.78, 5) is 15.2. The topological polar surface area (TPSA) is 70.9 Å². The molecule has 4 nitrogen and oxygen atoms in total. The average Bonchev–Trinajstić information content (AvgIpc) is 2.80. The van der Waals surface area contributed by atoms with Crippen LogP contribution in [0.1, 0.15) is 24.8 Å². The minimum Gasteiger partial charge on any atom is -0.361 e. The Morgan fingerprint density at radius 1 is 1.40 bits per heavy atom. The Morgan fingerprint density at radius 3 is 2.95 bits per heavy atom. The molecule has 0 unspecified atom stereocenters. The maximum atomic E-state index is 12.0. The van der Waals surface area contributed by atoms with E-state index in [0.717, 1.165) is 23.0 Å². The molecule has 0 aliphatic heterocycles. The molecular weight excluding hydrogens is 250 g/mol. The number of hydrogen-bond acceptors (Lipinski definition) is 2. The van der Waals surface area contributed by atoms with Crippen molar-refractivity contribution in [2.75, 3.05) is 6.54 Å². The van der Waals surface area contributed by atoms with Crippen LogP contribution >= 0.6 is 0 Å². The SMILES string of the molecule is N[C@H](Cc1c[nH]c2ccccc12)C(=O)NCC1CCC1. The van der Waals surface area contributed by atoms with E-state index in [4.69, 9.17) is 5.73 Å². The largest absolute Gasteiger partial charge is 0.361 e. The zero-order chi connectivity index (χ0) is 13.9. The van der Waals surface area contributed by atoms with Crippen LogP contribution in [0.4, 0.5) is 0 Å². The Hall–Kier alpha value is -1.81.